The third-order valence-corrected chi connectivity index (χ3v) is 5.57. The van der Waals surface area contributed by atoms with Crippen molar-refractivity contribution >= 4 is 46.8 Å². The number of phenolic OH excluding ortho intramolecular Hbond substituents is 2. The van der Waals surface area contributed by atoms with E-state index in [9.17, 15) is 24.6 Å². The number of carbonyl (C=O) groups is 3. The van der Waals surface area contributed by atoms with E-state index in [0.717, 1.165) is 29.9 Å². The van der Waals surface area contributed by atoms with Gasteiger partial charge in [-0.05, 0) is 50.3 Å². The lowest BCUT2D eigenvalue weighted by atomic mass is 9.85. The number of allylic oxidation sites excluding steroid dienone is 2. The third-order valence-electron chi connectivity index (χ3n) is 4.91. The van der Waals surface area contributed by atoms with Crippen molar-refractivity contribution in [3.63, 3.8) is 0 Å². The molecule has 8 heteroatoms. The molecule has 3 rings (SSSR count). The van der Waals surface area contributed by atoms with Gasteiger partial charge in [-0.3, -0.25) is 9.59 Å². The average molecular weight is 487 g/mol. The van der Waals surface area contributed by atoms with Gasteiger partial charge in [0.15, 0.2) is 11.6 Å². The van der Waals surface area contributed by atoms with Crippen LogP contribution in [0, 0.1) is 0 Å². The number of fused-ring (bicyclic) bond motifs is 1. The molecule has 0 aliphatic heterocycles. The summed E-state index contributed by atoms with van der Waals surface area (Å²) in [5.74, 6) is -3.05. The summed E-state index contributed by atoms with van der Waals surface area (Å²) in [5, 5.41) is 20.8. The molecule has 0 spiro atoms. The Morgan fingerprint density at radius 2 is 1.64 bits per heavy atom. The molecule has 2 aromatic rings. The molecule has 0 heterocycles. The molecule has 2 N–H and O–H groups in total. The second-order valence-corrected chi connectivity index (χ2v) is 8.37. The van der Waals surface area contributed by atoms with Gasteiger partial charge in [0.1, 0.15) is 17.6 Å². The summed E-state index contributed by atoms with van der Waals surface area (Å²) in [5.41, 5.74) is 0.614. The number of halogens is 2. The smallest absolute Gasteiger partial charge is 0.331 e. The van der Waals surface area contributed by atoms with Crippen molar-refractivity contribution in [1.82, 2.24) is 0 Å². The molecule has 0 bridgehead atoms. The fourth-order valence-corrected chi connectivity index (χ4v) is 3.83. The van der Waals surface area contributed by atoms with Crippen LogP contribution >= 0.6 is 23.2 Å². The molecule has 33 heavy (non-hydrogen) atoms. The Bertz CT molecular complexity index is 1220. The molecule has 0 aromatic heterocycles. The summed E-state index contributed by atoms with van der Waals surface area (Å²) >= 11 is 12.2. The minimum atomic E-state index is -1.11. The zero-order valence-corrected chi connectivity index (χ0v) is 19.3. The van der Waals surface area contributed by atoms with Gasteiger partial charge in [-0.1, -0.05) is 40.9 Å². The second kappa shape index (κ2) is 10.1. The zero-order chi connectivity index (χ0) is 24.3. The van der Waals surface area contributed by atoms with E-state index in [0.29, 0.717) is 15.6 Å². The predicted octanol–water partition coefficient (Wildman–Crippen LogP) is 5.69. The second-order valence-electron chi connectivity index (χ2n) is 7.56. The standard InChI is InChI=1S/C25H20Cl2O6/c1-13(2)6-10-21(33-22(31)11-7-14-16(26)4-3-5-17(14)27)15-12-20(30)23-18(28)8-9-19(29)24(23)25(15)32/h3-9,11-12,21,28-29H,10H2,1-2H3/b11-7+. The zero-order valence-electron chi connectivity index (χ0n) is 17.8. The molecule has 2 aromatic carbocycles. The molecule has 0 saturated carbocycles. The van der Waals surface area contributed by atoms with Gasteiger partial charge in [0.25, 0.3) is 0 Å². The van der Waals surface area contributed by atoms with Crippen LogP contribution in [0.5, 0.6) is 11.5 Å². The molecule has 0 fully saturated rings. The van der Waals surface area contributed by atoms with E-state index in [-0.39, 0.29) is 23.1 Å². The first-order valence-electron chi connectivity index (χ1n) is 9.91. The Kier molecular flexibility index (Phi) is 7.41. The van der Waals surface area contributed by atoms with Crippen LogP contribution < -0.4 is 0 Å². The number of ketones is 2. The fourth-order valence-electron chi connectivity index (χ4n) is 3.30. The first-order valence-corrected chi connectivity index (χ1v) is 10.7. The van der Waals surface area contributed by atoms with E-state index in [1.807, 2.05) is 13.8 Å². The molecule has 0 saturated heterocycles. The SMILES string of the molecule is CC(C)=CCC(OC(=O)/C=C/c1c(Cl)cccc1Cl)C1=CC(=O)c2c(O)ccc(O)c2C1=O. The monoisotopic (exact) mass is 486 g/mol. The molecular formula is C25H20Cl2O6. The van der Waals surface area contributed by atoms with Crippen LogP contribution in [0.25, 0.3) is 6.08 Å². The molecule has 170 valence electrons. The Hall–Kier alpha value is -3.35. The maximum Gasteiger partial charge on any atom is 0.331 e. The summed E-state index contributed by atoms with van der Waals surface area (Å²) in [6.07, 6.45) is 4.31. The number of carbonyl (C=O) groups excluding carboxylic acids is 3. The topological polar surface area (TPSA) is 101 Å². The molecule has 0 radical (unpaired) electrons. The number of hydrogen-bond donors (Lipinski definition) is 2. The third kappa shape index (κ3) is 5.35. The number of ether oxygens (including phenoxy) is 1. The molecule has 1 aliphatic carbocycles. The molecule has 1 unspecified atom stereocenters. The number of phenols is 2. The minimum absolute atomic E-state index is 0.108. The predicted molar refractivity (Wildman–Crippen MR) is 126 cm³/mol. The molecule has 1 aliphatic rings. The Labute approximate surface area is 200 Å². The first kappa shape index (κ1) is 24.3. The van der Waals surface area contributed by atoms with Crippen LogP contribution in [0.4, 0.5) is 0 Å². The van der Waals surface area contributed by atoms with E-state index in [4.69, 9.17) is 27.9 Å². The average Bonchev–Trinajstić information content (AvgIpc) is 2.75. The van der Waals surface area contributed by atoms with Crippen LogP contribution in [0.3, 0.4) is 0 Å². The highest BCUT2D eigenvalue weighted by molar-refractivity contribution is 6.37. The van der Waals surface area contributed by atoms with Gasteiger partial charge in [0.05, 0.1) is 11.1 Å². The summed E-state index contributed by atoms with van der Waals surface area (Å²) in [6, 6.07) is 7.15. The maximum absolute atomic E-state index is 13.1. The molecule has 1 atom stereocenters. The Morgan fingerprint density at radius 3 is 2.24 bits per heavy atom. The molecule has 6 nitrogen and oxygen atoms in total. The van der Waals surface area contributed by atoms with E-state index >= 15 is 0 Å². The number of esters is 1. The van der Waals surface area contributed by atoms with Gasteiger partial charge >= 0.3 is 5.97 Å². The number of benzene rings is 2. The van der Waals surface area contributed by atoms with Gasteiger partial charge < -0.3 is 14.9 Å². The van der Waals surface area contributed by atoms with Crippen molar-refractivity contribution in [1.29, 1.82) is 0 Å². The maximum atomic E-state index is 13.1. The van der Waals surface area contributed by atoms with E-state index < -0.39 is 35.1 Å². The van der Waals surface area contributed by atoms with Crippen molar-refractivity contribution in [2.75, 3.05) is 0 Å². The number of hydrogen-bond acceptors (Lipinski definition) is 6. The van der Waals surface area contributed by atoms with Crippen molar-refractivity contribution < 1.29 is 29.3 Å². The summed E-state index contributed by atoms with van der Waals surface area (Å²) in [4.78, 5) is 38.3. The van der Waals surface area contributed by atoms with E-state index in [2.05, 4.69) is 0 Å². The van der Waals surface area contributed by atoms with Gasteiger partial charge in [-0.2, -0.15) is 0 Å². The molecular weight excluding hydrogens is 467 g/mol. The highest BCUT2D eigenvalue weighted by Gasteiger charge is 2.35. The van der Waals surface area contributed by atoms with E-state index in [1.54, 1.807) is 24.3 Å². The number of aromatic hydroxyl groups is 2. The number of rotatable bonds is 6. The van der Waals surface area contributed by atoms with Crippen LogP contribution in [-0.2, 0) is 9.53 Å². The number of Topliss-reactive ketones (excluding diaryl/α,β-unsaturated/α-hetero) is 1. The van der Waals surface area contributed by atoms with Crippen LogP contribution in [0.2, 0.25) is 10.0 Å². The van der Waals surface area contributed by atoms with Gasteiger partial charge in [0.2, 0.25) is 0 Å². The Morgan fingerprint density at radius 1 is 1.03 bits per heavy atom. The van der Waals surface area contributed by atoms with Gasteiger partial charge in [-0.15, -0.1) is 0 Å². The lowest BCUT2D eigenvalue weighted by Gasteiger charge is -2.23. The van der Waals surface area contributed by atoms with Crippen molar-refractivity contribution in [2.24, 2.45) is 0 Å². The van der Waals surface area contributed by atoms with Crippen molar-refractivity contribution in [3.05, 3.63) is 86.4 Å². The Balaban J connectivity index is 1.93. The van der Waals surface area contributed by atoms with Crippen LogP contribution in [0.15, 0.2) is 59.7 Å². The van der Waals surface area contributed by atoms with Crippen molar-refractivity contribution in [2.45, 2.75) is 26.4 Å². The summed E-state index contributed by atoms with van der Waals surface area (Å²) in [6.45, 7) is 3.67. The lowest BCUT2D eigenvalue weighted by molar-refractivity contribution is -0.140. The van der Waals surface area contributed by atoms with Crippen molar-refractivity contribution in [3.8, 4) is 11.5 Å². The van der Waals surface area contributed by atoms with Crippen LogP contribution in [-0.4, -0.2) is 33.9 Å². The first-order chi connectivity index (χ1) is 15.6. The van der Waals surface area contributed by atoms with Gasteiger partial charge in [0, 0.05) is 33.7 Å². The quantitative estimate of drug-likeness (QED) is 0.235. The highest BCUT2D eigenvalue weighted by Crippen LogP contribution is 2.36. The largest absolute Gasteiger partial charge is 0.507 e. The lowest BCUT2D eigenvalue weighted by Crippen LogP contribution is -2.28. The van der Waals surface area contributed by atoms with Gasteiger partial charge in [-0.25, -0.2) is 4.79 Å². The minimum Gasteiger partial charge on any atom is -0.507 e. The fraction of sp³-hybridized carbons (Fsp3) is 0.160. The molecule has 0 amide bonds. The van der Waals surface area contributed by atoms with Crippen LogP contribution in [0.1, 0.15) is 46.5 Å². The summed E-state index contributed by atoms with van der Waals surface area (Å²) in [7, 11) is 0. The highest BCUT2D eigenvalue weighted by atomic mass is 35.5. The van der Waals surface area contributed by atoms with E-state index in [1.165, 1.54) is 6.08 Å². The summed E-state index contributed by atoms with van der Waals surface area (Å²) < 4.78 is 5.50. The normalized spacial score (nSPS) is 14.0.